The standard InChI is InChI=1S/C19H21BrN2O2/c1-2-24-18-9-7-17(8-10-18)21-11-13-22(14-12-21)19(23)15-3-5-16(20)6-4-15/h3-10H,2,11-14H2,1H3. The van der Waals surface area contributed by atoms with Crippen LogP contribution < -0.4 is 9.64 Å². The van der Waals surface area contributed by atoms with Crippen LogP contribution in [0.15, 0.2) is 53.0 Å². The lowest BCUT2D eigenvalue weighted by molar-refractivity contribution is 0.0747. The highest BCUT2D eigenvalue weighted by Gasteiger charge is 2.22. The predicted octanol–water partition coefficient (Wildman–Crippen LogP) is 3.81. The number of halogens is 1. The summed E-state index contributed by atoms with van der Waals surface area (Å²) >= 11 is 3.40. The van der Waals surface area contributed by atoms with Crippen molar-refractivity contribution in [2.24, 2.45) is 0 Å². The van der Waals surface area contributed by atoms with E-state index in [1.54, 1.807) is 0 Å². The van der Waals surface area contributed by atoms with Crippen molar-refractivity contribution in [1.29, 1.82) is 0 Å². The molecule has 1 heterocycles. The van der Waals surface area contributed by atoms with Gasteiger partial charge in [0.15, 0.2) is 0 Å². The van der Waals surface area contributed by atoms with E-state index >= 15 is 0 Å². The maximum atomic E-state index is 12.5. The Bertz CT molecular complexity index is 678. The highest BCUT2D eigenvalue weighted by Crippen LogP contribution is 2.21. The molecule has 1 aliphatic heterocycles. The van der Waals surface area contributed by atoms with Crippen molar-refractivity contribution in [3.05, 3.63) is 58.6 Å². The molecule has 0 aliphatic carbocycles. The molecular formula is C19H21BrN2O2. The summed E-state index contributed by atoms with van der Waals surface area (Å²) in [6.07, 6.45) is 0. The molecule has 3 rings (SSSR count). The molecule has 5 heteroatoms. The Balaban J connectivity index is 1.59. The van der Waals surface area contributed by atoms with Gasteiger partial charge in [0.1, 0.15) is 5.75 Å². The molecular weight excluding hydrogens is 368 g/mol. The number of carbonyl (C=O) groups is 1. The van der Waals surface area contributed by atoms with Gasteiger partial charge in [0, 0.05) is 41.9 Å². The largest absolute Gasteiger partial charge is 0.494 e. The Morgan fingerprint density at radius 1 is 1.00 bits per heavy atom. The number of hydrogen-bond donors (Lipinski definition) is 0. The molecule has 0 atom stereocenters. The van der Waals surface area contributed by atoms with Crippen LogP contribution in [0.25, 0.3) is 0 Å². The molecule has 1 saturated heterocycles. The minimum absolute atomic E-state index is 0.105. The quantitative estimate of drug-likeness (QED) is 0.797. The first kappa shape index (κ1) is 16.8. The van der Waals surface area contributed by atoms with E-state index in [1.807, 2.05) is 48.2 Å². The van der Waals surface area contributed by atoms with Gasteiger partial charge in [-0.15, -0.1) is 0 Å². The van der Waals surface area contributed by atoms with E-state index in [1.165, 1.54) is 5.69 Å². The first-order chi connectivity index (χ1) is 11.7. The SMILES string of the molecule is CCOc1ccc(N2CCN(C(=O)c3ccc(Br)cc3)CC2)cc1. The zero-order valence-electron chi connectivity index (χ0n) is 13.7. The third-order valence-corrected chi connectivity index (χ3v) is 4.70. The normalized spacial score (nSPS) is 14.6. The van der Waals surface area contributed by atoms with Crippen LogP contribution in [0.4, 0.5) is 5.69 Å². The van der Waals surface area contributed by atoms with Gasteiger partial charge in [-0.05, 0) is 55.5 Å². The van der Waals surface area contributed by atoms with Gasteiger partial charge in [0.25, 0.3) is 5.91 Å². The second kappa shape index (κ2) is 7.71. The van der Waals surface area contributed by atoms with E-state index in [9.17, 15) is 4.79 Å². The maximum Gasteiger partial charge on any atom is 0.253 e. The van der Waals surface area contributed by atoms with Gasteiger partial charge in [0.05, 0.1) is 6.61 Å². The van der Waals surface area contributed by atoms with Crippen molar-refractivity contribution in [3.63, 3.8) is 0 Å². The van der Waals surface area contributed by atoms with Crippen LogP contribution in [-0.4, -0.2) is 43.6 Å². The number of piperazine rings is 1. The van der Waals surface area contributed by atoms with E-state index in [4.69, 9.17) is 4.74 Å². The van der Waals surface area contributed by atoms with Gasteiger partial charge in [-0.1, -0.05) is 15.9 Å². The van der Waals surface area contributed by atoms with Gasteiger partial charge < -0.3 is 14.5 Å². The Morgan fingerprint density at radius 3 is 2.21 bits per heavy atom. The van der Waals surface area contributed by atoms with Gasteiger partial charge in [0.2, 0.25) is 0 Å². The van der Waals surface area contributed by atoms with E-state index < -0.39 is 0 Å². The van der Waals surface area contributed by atoms with Crippen molar-refractivity contribution in [3.8, 4) is 5.75 Å². The smallest absolute Gasteiger partial charge is 0.253 e. The second-order valence-electron chi connectivity index (χ2n) is 5.71. The molecule has 0 bridgehead atoms. The molecule has 4 nitrogen and oxygen atoms in total. The van der Waals surface area contributed by atoms with Crippen molar-refractivity contribution >= 4 is 27.5 Å². The minimum Gasteiger partial charge on any atom is -0.494 e. The fourth-order valence-electron chi connectivity index (χ4n) is 2.86. The molecule has 1 fully saturated rings. The average Bonchev–Trinajstić information content (AvgIpc) is 2.63. The lowest BCUT2D eigenvalue weighted by Gasteiger charge is -2.36. The molecule has 0 unspecified atom stereocenters. The zero-order chi connectivity index (χ0) is 16.9. The molecule has 24 heavy (non-hydrogen) atoms. The fourth-order valence-corrected chi connectivity index (χ4v) is 3.13. The Labute approximate surface area is 151 Å². The molecule has 0 aromatic heterocycles. The number of amides is 1. The molecule has 1 aliphatic rings. The summed E-state index contributed by atoms with van der Waals surface area (Å²) in [5.41, 5.74) is 1.92. The molecule has 0 radical (unpaired) electrons. The molecule has 0 N–H and O–H groups in total. The minimum atomic E-state index is 0.105. The number of hydrogen-bond acceptors (Lipinski definition) is 3. The number of rotatable bonds is 4. The summed E-state index contributed by atoms with van der Waals surface area (Å²) in [6.45, 7) is 5.82. The fraction of sp³-hybridized carbons (Fsp3) is 0.316. The van der Waals surface area contributed by atoms with Gasteiger partial charge >= 0.3 is 0 Å². The highest BCUT2D eigenvalue weighted by molar-refractivity contribution is 9.10. The maximum absolute atomic E-state index is 12.5. The Kier molecular flexibility index (Phi) is 5.41. The number of benzene rings is 2. The Hall–Kier alpha value is -2.01. The summed E-state index contributed by atoms with van der Waals surface area (Å²) in [5.74, 6) is 0.999. The lowest BCUT2D eigenvalue weighted by atomic mass is 10.1. The van der Waals surface area contributed by atoms with Crippen molar-refractivity contribution < 1.29 is 9.53 Å². The van der Waals surface area contributed by atoms with E-state index in [-0.39, 0.29) is 5.91 Å². The number of ether oxygens (including phenoxy) is 1. The highest BCUT2D eigenvalue weighted by atomic mass is 79.9. The third-order valence-electron chi connectivity index (χ3n) is 4.17. The first-order valence-corrected chi connectivity index (χ1v) is 8.99. The summed E-state index contributed by atoms with van der Waals surface area (Å²) in [6, 6.07) is 15.7. The number of anilines is 1. The summed E-state index contributed by atoms with van der Waals surface area (Å²) < 4.78 is 6.46. The molecule has 2 aromatic carbocycles. The van der Waals surface area contributed by atoms with Crippen LogP contribution in [0, 0.1) is 0 Å². The summed E-state index contributed by atoms with van der Waals surface area (Å²) in [7, 11) is 0. The van der Waals surface area contributed by atoms with Crippen LogP contribution >= 0.6 is 15.9 Å². The van der Waals surface area contributed by atoms with E-state index in [0.29, 0.717) is 6.61 Å². The van der Waals surface area contributed by atoms with Crippen LogP contribution in [0.1, 0.15) is 17.3 Å². The van der Waals surface area contributed by atoms with Crippen LogP contribution in [0.3, 0.4) is 0 Å². The predicted molar refractivity (Wildman–Crippen MR) is 99.9 cm³/mol. The molecule has 2 aromatic rings. The first-order valence-electron chi connectivity index (χ1n) is 8.20. The van der Waals surface area contributed by atoms with Gasteiger partial charge in [-0.2, -0.15) is 0 Å². The molecule has 0 spiro atoms. The Morgan fingerprint density at radius 2 is 1.62 bits per heavy atom. The van der Waals surface area contributed by atoms with Gasteiger partial charge in [-0.3, -0.25) is 4.79 Å². The molecule has 126 valence electrons. The zero-order valence-corrected chi connectivity index (χ0v) is 15.3. The van der Waals surface area contributed by atoms with Crippen LogP contribution in [0.5, 0.6) is 5.75 Å². The van der Waals surface area contributed by atoms with Crippen molar-refractivity contribution in [2.45, 2.75) is 6.92 Å². The summed E-state index contributed by atoms with van der Waals surface area (Å²) in [4.78, 5) is 16.8. The van der Waals surface area contributed by atoms with Crippen molar-refractivity contribution in [2.75, 3.05) is 37.7 Å². The van der Waals surface area contributed by atoms with Gasteiger partial charge in [-0.25, -0.2) is 0 Å². The molecule has 1 amide bonds. The van der Waals surface area contributed by atoms with Crippen molar-refractivity contribution in [1.82, 2.24) is 4.90 Å². The van der Waals surface area contributed by atoms with Crippen LogP contribution in [0.2, 0.25) is 0 Å². The van der Waals surface area contributed by atoms with E-state index in [0.717, 1.165) is 42.0 Å². The van der Waals surface area contributed by atoms with Crippen LogP contribution in [-0.2, 0) is 0 Å². The number of carbonyl (C=O) groups excluding carboxylic acids is 1. The second-order valence-corrected chi connectivity index (χ2v) is 6.63. The topological polar surface area (TPSA) is 32.8 Å². The van der Waals surface area contributed by atoms with E-state index in [2.05, 4.69) is 33.0 Å². The number of nitrogens with zero attached hydrogens (tertiary/aromatic N) is 2. The molecule has 0 saturated carbocycles. The summed E-state index contributed by atoms with van der Waals surface area (Å²) in [5, 5.41) is 0. The monoisotopic (exact) mass is 388 g/mol. The lowest BCUT2D eigenvalue weighted by Crippen LogP contribution is -2.48. The average molecular weight is 389 g/mol. The third kappa shape index (κ3) is 3.90.